The van der Waals surface area contributed by atoms with Gasteiger partial charge in [-0.25, -0.2) is 9.59 Å². The minimum Gasteiger partial charge on any atom is -0.465 e. The van der Waals surface area contributed by atoms with Crippen molar-refractivity contribution in [2.24, 2.45) is 29.6 Å². The lowest BCUT2D eigenvalue weighted by atomic mass is 9.66. The standard InChI is InChI=1S/C53H70O8Si/c1-6-11-38-12-14-39(15-13-38)42-32-34-53(35-33-42,46-26-20-40(21-27-46)41-24-30-48(31-25-41)62(3,4)5)61-52(57)45-22-28-47(29-23-45)60-51(56)44-18-16-43(17-19-44)50(55)59-37-10-8-9-36-58-49(54)7-2/h7,20-31,38-39,42-44H,2,6,8-19,32-37H2,1,3-5H3. The molecule has 62 heavy (non-hydrogen) atoms. The minimum atomic E-state index is -1.39. The molecule has 0 bridgehead atoms. The van der Waals surface area contributed by atoms with Crippen molar-refractivity contribution in [1.82, 2.24) is 0 Å². The highest BCUT2D eigenvalue weighted by atomic mass is 28.3. The van der Waals surface area contributed by atoms with Crippen LogP contribution in [0.25, 0.3) is 11.1 Å². The van der Waals surface area contributed by atoms with Gasteiger partial charge in [0, 0.05) is 6.08 Å². The molecule has 0 aliphatic heterocycles. The van der Waals surface area contributed by atoms with Crippen LogP contribution in [0.15, 0.2) is 85.5 Å². The van der Waals surface area contributed by atoms with Crippen LogP contribution >= 0.6 is 0 Å². The lowest BCUT2D eigenvalue weighted by molar-refractivity contribution is -0.152. The molecule has 0 saturated heterocycles. The van der Waals surface area contributed by atoms with E-state index >= 15 is 0 Å². The third-order valence-electron chi connectivity index (χ3n) is 14.0. The molecule has 0 amide bonds. The van der Waals surface area contributed by atoms with Crippen molar-refractivity contribution in [3.05, 3.63) is 96.6 Å². The summed E-state index contributed by atoms with van der Waals surface area (Å²) in [5.74, 6) is 0.795. The van der Waals surface area contributed by atoms with Gasteiger partial charge in [-0.15, -0.1) is 0 Å². The zero-order valence-electron chi connectivity index (χ0n) is 37.8. The highest BCUT2D eigenvalue weighted by Gasteiger charge is 2.43. The van der Waals surface area contributed by atoms with E-state index in [1.165, 1.54) is 49.3 Å². The van der Waals surface area contributed by atoms with Gasteiger partial charge < -0.3 is 18.9 Å². The first kappa shape index (κ1) is 47.0. The Bertz CT molecular complexity index is 1920. The van der Waals surface area contributed by atoms with E-state index in [1.807, 2.05) is 0 Å². The molecule has 3 aromatic carbocycles. The Morgan fingerprint density at radius 3 is 1.77 bits per heavy atom. The van der Waals surface area contributed by atoms with E-state index in [1.54, 1.807) is 24.3 Å². The lowest BCUT2D eigenvalue weighted by Gasteiger charge is -2.43. The molecule has 3 aliphatic rings. The van der Waals surface area contributed by atoms with Crippen molar-refractivity contribution < 1.29 is 38.1 Å². The van der Waals surface area contributed by atoms with Gasteiger partial charge in [-0.05, 0) is 142 Å². The van der Waals surface area contributed by atoms with Crippen LogP contribution in [0.3, 0.4) is 0 Å². The summed E-state index contributed by atoms with van der Waals surface area (Å²) in [5, 5.41) is 1.44. The van der Waals surface area contributed by atoms with Gasteiger partial charge in [0.2, 0.25) is 0 Å². The Kier molecular flexibility index (Phi) is 16.8. The fraction of sp³-hybridized carbons (Fsp3) is 0.547. The van der Waals surface area contributed by atoms with Crippen LogP contribution in [0.2, 0.25) is 19.6 Å². The first-order valence-corrected chi connectivity index (χ1v) is 27.1. The van der Waals surface area contributed by atoms with Crippen LogP contribution in [0, 0.1) is 29.6 Å². The van der Waals surface area contributed by atoms with E-state index in [0.717, 1.165) is 61.1 Å². The second-order valence-electron chi connectivity index (χ2n) is 19.3. The number of benzene rings is 3. The maximum absolute atomic E-state index is 14.0. The Morgan fingerprint density at radius 1 is 0.661 bits per heavy atom. The van der Waals surface area contributed by atoms with Gasteiger partial charge in [0.15, 0.2) is 0 Å². The van der Waals surface area contributed by atoms with Gasteiger partial charge in [0.05, 0.1) is 38.7 Å². The quantitative estimate of drug-likeness (QED) is 0.0311. The first-order valence-electron chi connectivity index (χ1n) is 23.6. The van der Waals surface area contributed by atoms with E-state index < -0.39 is 19.6 Å². The molecule has 0 atom stereocenters. The fourth-order valence-electron chi connectivity index (χ4n) is 10.1. The highest BCUT2D eigenvalue weighted by Crippen LogP contribution is 2.48. The zero-order chi connectivity index (χ0) is 44.1. The second kappa shape index (κ2) is 22.2. The van der Waals surface area contributed by atoms with Crippen molar-refractivity contribution in [2.75, 3.05) is 13.2 Å². The molecule has 8 nitrogen and oxygen atoms in total. The second-order valence-corrected chi connectivity index (χ2v) is 24.4. The minimum absolute atomic E-state index is 0.225. The Balaban J connectivity index is 1.03. The molecular weight excluding hydrogens is 793 g/mol. The summed E-state index contributed by atoms with van der Waals surface area (Å²) in [5.41, 5.74) is 3.10. The molecule has 9 heteroatoms. The summed E-state index contributed by atoms with van der Waals surface area (Å²) in [6.45, 7) is 13.4. The van der Waals surface area contributed by atoms with Gasteiger partial charge in [-0.3, -0.25) is 9.59 Å². The van der Waals surface area contributed by atoms with Crippen LogP contribution in [0.1, 0.15) is 132 Å². The van der Waals surface area contributed by atoms with E-state index in [4.69, 9.17) is 18.9 Å². The number of ether oxygens (including phenoxy) is 4. The van der Waals surface area contributed by atoms with Crippen molar-refractivity contribution in [3.8, 4) is 16.9 Å². The van der Waals surface area contributed by atoms with Gasteiger partial charge in [-0.2, -0.15) is 0 Å². The molecule has 0 N–H and O–H groups in total. The lowest BCUT2D eigenvalue weighted by Crippen LogP contribution is -2.38. The number of rotatable bonds is 18. The molecule has 3 saturated carbocycles. The molecule has 0 heterocycles. The molecule has 0 radical (unpaired) electrons. The molecular formula is C53H70O8Si. The maximum atomic E-state index is 14.0. The predicted molar refractivity (Wildman–Crippen MR) is 248 cm³/mol. The first-order chi connectivity index (χ1) is 29.9. The third-order valence-corrected chi connectivity index (χ3v) is 16.1. The maximum Gasteiger partial charge on any atom is 0.339 e. The zero-order valence-corrected chi connectivity index (χ0v) is 38.8. The SMILES string of the molecule is C=CC(=O)OCCCCCOC(=O)C1CCC(C(=O)Oc2ccc(C(=O)OC3(c4ccc(-c5ccc([Si](C)(C)C)cc5)cc4)CCC(C4CCC(CCC)CC4)CC3)cc2)CC1. The summed E-state index contributed by atoms with van der Waals surface area (Å²) < 4.78 is 22.9. The Hall–Kier alpha value is -4.50. The van der Waals surface area contributed by atoms with Gasteiger partial charge in [-0.1, -0.05) is 113 Å². The van der Waals surface area contributed by atoms with Crippen LogP contribution in [-0.2, 0) is 34.2 Å². The number of esters is 4. The van der Waals surface area contributed by atoms with E-state index in [9.17, 15) is 19.2 Å². The summed E-state index contributed by atoms with van der Waals surface area (Å²) >= 11 is 0. The van der Waals surface area contributed by atoms with Crippen LogP contribution in [0.4, 0.5) is 0 Å². The van der Waals surface area contributed by atoms with Crippen LogP contribution in [-0.4, -0.2) is 45.2 Å². The average molecular weight is 863 g/mol. The summed E-state index contributed by atoms with van der Waals surface area (Å²) in [4.78, 5) is 51.0. The summed E-state index contributed by atoms with van der Waals surface area (Å²) in [6, 6.07) is 24.4. The molecule has 0 spiro atoms. The molecule has 6 rings (SSSR count). The largest absolute Gasteiger partial charge is 0.465 e. The van der Waals surface area contributed by atoms with Gasteiger partial charge in [0.1, 0.15) is 11.4 Å². The van der Waals surface area contributed by atoms with E-state index in [2.05, 4.69) is 81.7 Å². The molecule has 334 valence electrons. The Morgan fingerprint density at radius 2 is 1.21 bits per heavy atom. The van der Waals surface area contributed by atoms with Crippen molar-refractivity contribution in [3.63, 3.8) is 0 Å². The van der Waals surface area contributed by atoms with Crippen molar-refractivity contribution >= 4 is 37.1 Å². The van der Waals surface area contributed by atoms with Gasteiger partial charge >= 0.3 is 23.9 Å². The fourth-order valence-corrected chi connectivity index (χ4v) is 11.2. The summed E-state index contributed by atoms with van der Waals surface area (Å²) in [6.07, 6.45) is 17.2. The molecule has 3 aromatic rings. The topological polar surface area (TPSA) is 105 Å². The molecule has 0 unspecified atom stereocenters. The number of hydrogen-bond acceptors (Lipinski definition) is 8. The van der Waals surface area contributed by atoms with Crippen molar-refractivity contribution in [1.29, 1.82) is 0 Å². The van der Waals surface area contributed by atoms with Crippen LogP contribution in [0.5, 0.6) is 5.75 Å². The Labute approximate surface area is 371 Å². The normalized spacial score (nSPS) is 24.0. The number of unbranched alkanes of at least 4 members (excludes halogenated alkanes) is 2. The number of carbonyl (C=O) groups excluding carboxylic acids is 4. The number of hydrogen-bond donors (Lipinski definition) is 0. The van der Waals surface area contributed by atoms with Gasteiger partial charge in [0.25, 0.3) is 0 Å². The molecule has 3 fully saturated rings. The van der Waals surface area contributed by atoms with E-state index in [-0.39, 0.29) is 29.7 Å². The molecule has 3 aliphatic carbocycles. The third kappa shape index (κ3) is 12.8. The van der Waals surface area contributed by atoms with Crippen molar-refractivity contribution in [2.45, 2.75) is 141 Å². The van der Waals surface area contributed by atoms with E-state index in [0.29, 0.717) is 69.0 Å². The predicted octanol–water partition coefficient (Wildman–Crippen LogP) is 11.9. The number of carbonyl (C=O) groups is 4. The smallest absolute Gasteiger partial charge is 0.339 e. The molecule has 0 aromatic heterocycles. The monoisotopic (exact) mass is 862 g/mol. The average Bonchev–Trinajstić information content (AvgIpc) is 3.29. The van der Waals surface area contributed by atoms with Crippen LogP contribution < -0.4 is 9.92 Å². The summed E-state index contributed by atoms with van der Waals surface area (Å²) in [7, 11) is -1.39. The highest BCUT2D eigenvalue weighted by molar-refractivity contribution is 6.88.